The van der Waals surface area contributed by atoms with Crippen molar-refractivity contribution >= 4 is 5.69 Å². The number of benzene rings is 1. The van der Waals surface area contributed by atoms with Crippen LogP contribution in [0.25, 0.3) is 0 Å². The molecule has 1 aromatic carbocycles. The molecule has 0 fully saturated rings. The van der Waals surface area contributed by atoms with Gasteiger partial charge in [-0.3, -0.25) is 0 Å². The lowest BCUT2D eigenvalue weighted by atomic mass is 10.0. The molecule has 2 N–H and O–H groups in total. The molecule has 0 radical (unpaired) electrons. The third-order valence-corrected chi connectivity index (χ3v) is 3.34. The van der Waals surface area contributed by atoms with Crippen LogP contribution in [0.15, 0.2) is 36.8 Å². The molecule has 4 heteroatoms. The number of aliphatic hydroxyl groups excluding tert-OH is 1. The van der Waals surface area contributed by atoms with Gasteiger partial charge in [0.25, 0.3) is 0 Å². The number of para-hydroxylation sites is 1. The van der Waals surface area contributed by atoms with E-state index >= 15 is 0 Å². The molecule has 3 rings (SSSR count). The summed E-state index contributed by atoms with van der Waals surface area (Å²) < 4.78 is 1.86. The summed E-state index contributed by atoms with van der Waals surface area (Å²) in [6.45, 7) is 0. The van der Waals surface area contributed by atoms with Gasteiger partial charge >= 0.3 is 0 Å². The van der Waals surface area contributed by atoms with Crippen molar-refractivity contribution in [1.29, 1.82) is 0 Å². The van der Waals surface area contributed by atoms with Crippen LogP contribution in [0.3, 0.4) is 0 Å². The Morgan fingerprint density at radius 1 is 1.47 bits per heavy atom. The summed E-state index contributed by atoms with van der Waals surface area (Å²) in [5.41, 5.74) is 3.23. The quantitative estimate of drug-likeness (QED) is 0.820. The molecule has 0 amide bonds. The zero-order chi connectivity index (χ0) is 11.8. The molecule has 0 spiro atoms. The van der Waals surface area contributed by atoms with Gasteiger partial charge in [0.15, 0.2) is 0 Å². The average molecular weight is 229 g/mol. The van der Waals surface area contributed by atoms with E-state index in [9.17, 15) is 5.11 Å². The van der Waals surface area contributed by atoms with Crippen LogP contribution >= 0.6 is 0 Å². The van der Waals surface area contributed by atoms with Gasteiger partial charge in [-0.05, 0) is 18.1 Å². The number of rotatable bonds is 2. The van der Waals surface area contributed by atoms with Gasteiger partial charge in [0.1, 0.15) is 6.10 Å². The lowest BCUT2D eigenvalue weighted by Gasteiger charge is -2.19. The molecule has 88 valence electrons. The molecule has 0 saturated heterocycles. The lowest BCUT2D eigenvalue weighted by molar-refractivity contribution is 0.149. The molecular weight excluding hydrogens is 214 g/mol. The minimum atomic E-state index is -0.533. The summed E-state index contributed by atoms with van der Waals surface area (Å²) in [6, 6.07) is 8.20. The van der Waals surface area contributed by atoms with Crippen LogP contribution in [-0.2, 0) is 13.5 Å². The fourth-order valence-corrected chi connectivity index (χ4v) is 2.38. The van der Waals surface area contributed by atoms with E-state index in [-0.39, 0.29) is 6.04 Å². The Morgan fingerprint density at radius 2 is 2.29 bits per heavy atom. The Bertz CT molecular complexity index is 510. The van der Waals surface area contributed by atoms with E-state index in [1.165, 1.54) is 5.56 Å². The molecule has 0 bridgehead atoms. The topological polar surface area (TPSA) is 50.1 Å². The second-order valence-corrected chi connectivity index (χ2v) is 4.49. The number of hydrogen-bond donors (Lipinski definition) is 2. The number of anilines is 1. The Morgan fingerprint density at radius 3 is 3.00 bits per heavy atom. The lowest BCUT2D eigenvalue weighted by Crippen LogP contribution is -2.26. The maximum absolute atomic E-state index is 10.3. The van der Waals surface area contributed by atoms with Gasteiger partial charge in [0.05, 0.1) is 24.3 Å². The van der Waals surface area contributed by atoms with E-state index in [0.29, 0.717) is 0 Å². The average Bonchev–Trinajstić information content (AvgIpc) is 2.93. The number of aryl methyl sites for hydroxylation is 1. The van der Waals surface area contributed by atoms with E-state index in [2.05, 4.69) is 16.4 Å². The number of nitrogens with one attached hydrogen (secondary N) is 1. The van der Waals surface area contributed by atoms with E-state index in [4.69, 9.17) is 0 Å². The van der Waals surface area contributed by atoms with E-state index in [1.54, 1.807) is 12.5 Å². The number of imidazole rings is 1. The molecule has 0 aliphatic carbocycles. The van der Waals surface area contributed by atoms with Crippen molar-refractivity contribution in [3.8, 4) is 0 Å². The van der Waals surface area contributed by atoms with Crippen LogP contribution in [0.2, 0.25) is 0 Å². The molecule has 2 atom stereocenters. The molecule has 2 heterocycles. The van der Waals surface area contributed by atoms with E-state index in [1.807, 2.05) is 29.8 Å². The second-order valence-electron chi connectivity index (χ2n) is 4.49. The van der Waals surface area contributed by atoms with Crippen LogP contribution in [-0.4, -0.2) is 20.7 Å². The SMILES string of the molecule is Cn1cncc1C(O)C1Cc2ccccc2N1. The standard InChI is InChI=1S/C13H15N3O/c1-16-8-14-7-12(16)13(17)11-6-9-4-2-3-5-10(9)15-11/h2-5,7-8,11,13,15,17H,6H2,1H3. The monoisotopic (exact) mass is 229 g/mol. The first-order chi connectivity index (χ1) is 8.25. The maximum atomic E-state index is 10.3. The Labute approximate surface area is 99.9 Å². The van der Waals surface area contributed by atoms with Gasteiger partial charge in [-0.1, -0.05) is 18.2 Å². The summed E-state index contributed by atoms with van der Waals surface area (Å²) in [5, 5.41) is 13.7. The maximum Gasteiger partial charge on any atom is 0.116 e. The first kappa shape index (κ1) is 10.4. The number of nitrogens with zero attached hydrogens (tertiary/aromatic N) is 2. The fourth-order valence-electron chi connectivity index (χ4n) is 2.38. The van der Waals surface area contributed by atoms with Crippen LogP contribution < -0.4 is 5.32 Å². The summed E-state index contributed by atoms with van der Waals surface area (Å²) in [5.74, 6) is 0. The van der Waals surface area contributed by atoms with Gasteiger partial charge in [-0.25, -0.2) is 4.98 Å². The van der Waals surface area contributed by atoms with Crippen LogP contribution in [0, 0.1) is 0 Å². The zero-order valence-corrected chi connectivity index (χ0v) is 9.67. The first-order valence-corrected chi connectivity index (χ1v) is 5.74. The molecule has 17 heavy (non-hydrogen) atoms. The normalized spacial score (nSPS) is 19.8. The smallest absolute Gasteiger partial charge is 0.116 e. The van der Waals surface area contributed by atoms with Crippen molar-refractivity contribution in [2.45, 2.75) is 18.6 Å². The molecule has 1 aromatic heterocycles. The van der Waals surface area contributed by atoms with Gasteiger partial charge < -0.3 is 15.0 Å². The molecule has 2 unspecified atom stereocenters. The van der Waals surface area contributed by atoms with Gasteiger partial charge in [0, 0.05) is 12.7 Å². The highest BCUT2D eigenvalue weighted by molar-refractivity contribution is 5.57. The van der Waals surface area contributed by atoms with Crippen molar-refractivity contribution in [1.82, 2.24) is 9.55 Å². The number of hydrogen-bond acceptors (Lipinski definition) is 3. The van der Waals surface area contributed by atoms with Gasteiger partial charge in [-0.2, -0.15) is 0 Å². The van der Waals surface area contributed by atoms with Gasteiger partial charge in [0.2, 0.25) is 0 Å². The highest BCUT2D eigenvalue weighted by Gasteiger charge is 2.28. The summed E-state index contributed by atoms with van der Waals surface area (Å²) in [7, 11) is 1.90. The predicted molar refractivity (Wildman–Crippen MR) is 65.7 cm³/mol. The molecule has 1 aliphatic rings. The Balaban J connectivity index is 1.83. The summed E-state index contributed by atoms with van der Waals surface area (Å²) in [4.78, 5) is 4.04. The highest BCUT2D eigenvalue weighted by Crippen LogP contribution is 2.31. The van der Waals surface area contributed by atoms with E-state index < -0.39 is 6.10 Å². The molecule has 0 saturated carbocycles. The summed E-state index contributed by atoms with van der Waals surface area (Å²) in [6.07, 6.45) is 3.74. The van der Waals surface area contributed by atoms with Crippen molar-refractivity contribution in [3.05, 3.63) is 48.0 Å². The van der Waals surface area contributed by atoms with Crippen molar-refractivity contribution in [3.63, 3.8) is 0 Å². The third-order valence-electron chi connectivity index (χ3n) is 3.34. The van der Waals surface area contributed by atoms with Crippen LogP contribution in [0.1, 0.15) is 17.4 Å². The Hall–Kier alpha value is -1.81. The highest BCUT2D eigenvalue weighted by atomic mass is 16.3. The largest absolute Gasteiger partial charge is 0.385 e. The van der Waals surface area contributed by atoms with Crippen molar-refractivity contribution in [2.24, 2.45) is 7.05 Å². The van der Waals surface area contributed by atoms with Crippen LogP contribution in [0.4, 0.5) is 5.69 Å². The van der Waals surface area contributed by atoms with Gasteiger partial charge in [-0.15, -0.1) is 0 Å². The zero-order valence-electron chi connectivity index (χ0n) is 9.67. The number of fused-ring (bicyclic) bond motifs is 1. The molecule has 1 aliphatic heterocycles. The molecule has 4 nitrogen and oxygen atoms in total. The number of aromatic nitrogens is 2. The molecule has 2 aromatic rings. The Kier molecular flexibility index (Phi) is 2.37. The predicted octanol–water partition coefficient (Wildman–Crippen LogP) is 1.49. The van der Waals surface area contributed by atoms with E-state index in [0.717, 1.165) is 17.8 Å². The fraction of sp³-hybridized carbons (Fsp3) is 0.308. The minimum Gasteiger partial charge on any atom is -0.385 e. The first-order valence-electron chi connectivity index (χ1n) is 5.74. The van der Waals surface area contributed by atoms with Crippen molar-refractivity contribution in [2.75, 3.05) is 5.32 Å². The second kappa shape index (κ2) is 3.89. The third kappa shape index (κ3) is 1.70. The minimum absolute atomic E-state index is 0.0304. The number of aliphatic hydroxyl groups is 1. The summed E-state index contributed by atoms with van der Waals surface area (Å²) >= 11 is 0. The van der Waals surface area contributed by atoms with Crippen molar-refractivity contribution < 1.29 is 5.11 Å². The molecular formula is C13H15N3O. The van der Waals surface area contributed by atoms with Crippen LogP contribution in [0.5, 0.6) is 0 Å².